The van der Waals surface area contributed by atoms with Gasteiger partial charge in [-0.2, -0.15) is 4.57 Å². The Morgan fingerprint density at radius 3 is 1.96 bits per heavy atom. The van der Waals surface area contributed by atoms with E-state index in [1.54, 1.807) is 0 Å². The number of aromatic nitrogens is 1. The maximum atomic E-state index is 2.43. The van der Waals surface area contributed by atoms with Crippen LogP contribution < -0.4 is 17.0 Å². The number of hydrogen-bond acceptors (Lipinski definition) is 0. The third-order valence-corrected chi connectivity index (χ3v) is 5.26. The minimum atomic E-state index is 0. The molecule has 2 heteroatoms. The van der Waals surface area contributed by atoms with E-state index in [2.05, 4.69) is 67.1 Å². The summed E-state index contributed by atoms with van der Waals surface area (Å²) in [6.45, 7) is 5.47. The topological polar surface area (TPSA) is 3.88 Å². The first-order valence-electron chi connectivity index (χ1n) is 10.8. The molecular formula is C25H38ClN. The van der Waals surface area contributed by atoms with Crippen molar-refractivity contribution in [3.63, 3.8) is 0 Å². The van der Waals surface area contributed by atoms with Gasteiger partial charge in [0.2, 0.25) is 0 Å². The zero-order valence-corrected chi connectivity index (χ0v) is 18.2. The van der Waals surface area contributed by atoms with E-state index >= 15 is 0 Å². The monoisotopic (exact) mass is 387 g/mol. The van der Waals surface area contributed by atoms with Crippen molar-refractivity contribution in [2.45, 2.75) is 91.0 Å². The quantitative estimate of drug-likeness (QED) is 0.363. The van der Waals surface area contributed by atoms with Crippen LogP contribution >= 0.6 is 0 Å². The van der Waals surface area contributed by atoms with Crippen molar-refractivity contribution >= 4 is 0 Å². The van der Waals surface area contributed by atoms with Crippen molar-refractivity contribution in [1.29, 1.82) is 0 Å². The van der Waals surface area contributed by atoms with E-state index in [9.17, 15) is 0 Å². The van der Waals surface area contributed by atoms with Crippen LogP contribution in [-0.4, -0.2) is 0 Å². The average molecular weight is 388 g/mol. The molecule has 1 aromatic heterocycles. The lowest BCUT2D eigenvalue weighted by molar-refractivity contribution is -0.695. The standard InChI is InChI=1S/C25H38N.ClH/c1-3-4-5-6-7-8-9-10-11-15-18-25-21-23(2)19-20-26(25)22-24-16-13-12-14-17-24;/h12-14,16-17,19-21H,3-11,15,18,22H2,1-2H3;1H/q+1;/p-1. The normalized spacial score (nSPS) is 10.6. The Labute approximate surface area is 173 Å². The number of halogens is 1. The maximum absolute atomic E-state index is 2.43. The molecule has 0 aliphatic carbocycles. The summed E-state index contributed by atoms with van der Waals surface area (Å²) in [5, 5.41) is 0. The first-order chi connectivity index (χ1) is 12.8. The fourth-order valence-electron chi connectivity index (χ4n) is 3.64. The average Bonchev–Trinajstić information content (AvgIpc) is 2.66. The zero-order chi connectivity index (χ0) is 18.5. The van der Waals surface area contributed by atoms with E-state index in [0.717, 1.165) is 6.54 Å². The van der Waals surface area contributed by atoms with Crippen molar-refractivity contribution in [2.75, 3.05) is 0 Å². The van der Waals surface area contributed by atoms with Crippen molar-refractivity contribution in [3.8, 4) is 0 Å². The lowest BCUT2D eigenvalue weighted by Crippen LogP contribution is -3.00. The Morgan fingerprint density at radius 2 is 1.33 bits per heavy atom. The molecule has 0 saturated heterocycles. The summed E-state index contributed by atoms with van der Waals surface area (Å²) in [4.78, 5) is 0. The molecule has 0 bridgehead atoms. The van der Waals surface area contributed by atoms with Gasteiger partial charge < -0.3 is 12.4 Å². The lowest BCUT2D eigenvalue weighted by atomic mass is 10.0. The third-order valence-electron chi connectivity index (χ3n) is 5.26. The highest BCUT2D eigenvalue weighted by Gasteiger charge is 2.11. The molecule has 2 aromatic rings. The van der Waals surface area contributed by atoms with E-state index in [-0.39, 0.29) is 12.4 Å². The Morgan fingerprint density at radius 1 is 0.741 bits per heavy atom. The number of nitrogens with zero attached hydrogens (tertiary/aromatic N) is 1. The highest BCUT2D eigenvalue weighted by Crippen LogP contribution is 2.12. The fourth-order valence-corrected chi connectivity index (χ4v) is 3.64. The molecular weight excluding hydrogens is 350 g/mol. The van der Waals surface area contributed by atoms with Crippen molar-refractivity contribution < 1.29 is 17.0 Å². The van der Waals surface area contributed by atoms with Crippen LogP contribution in [0, 0.1) is 6.92 Å². The molecule has 2 rings (SSSR count). The second-order valence-electron chi connectivity index (χ2n) is 7.74. The molecule has 1 aromatic carbocycles. The molecule has 0 saturated carbocycles. The van der Waals surface area contributed by atoms with Gasteiger partial charge in [-0.05, 0) is 18.9 Å². The van der Waals surface area contributed by atoms with Crippen LogP contribution in [0.2, 0.25) is 0 Å². The minimum Gasteiger partial charge on any atom is -1.00 e. The van der Waals surface area contributed by atoms with Crippen LogP contribution in [0.3, 0.4) is 0 Å². The second-order valence-corrected chi connectivity index (χ2v) is 7.74. The van der Waals surface area contributed by atoms with Gasteiger partial charge >= 0.3 is 0 Å². The molecule has 1 nitrogen and oxygen atoms in total. The molecule has 0 fully saturated rings. The molecule has 0 radical (unpaired) electrons. The van der Waals surface area contributed by atoms with E-state index in [1.165, 1.54) is 87.4 Å². The Bertz CT molecular complexity index is 609. The van der Waals surface area contributed by atoms with Gasteiger partial charge in [0, 0.05) is 24.1 Å². The maximum Gasteiger partial charge on any atom is 0.181 e. The molecule has 1 heterocycles. The van der Waals surface area contributed by atoms with Gasteiger partial charge in [-0.1, -0.05) is 95.0 Å². The van der Waals surface area contributed by atoms with Crippen LogP contribution in [0.5, 0.6) is 0 Å². The highest BCUT2D eigenvalue weighted by molar-refractivity contribution is 5.14. The molecule has 0 unspecified atom stereocenters. The van der Waals surface area contributed by atoms with Crippen LogP contribution in [0.4, 0.5) is 0 Å². The lowest BCUT2D eigenvalue weighted by Gasteiger charge is -2.06. The van der Waals surface area contributed by atoms with E-state index in [4.69, 9.17) is 0 Å². The van der Waals surface area contributed by atoms with Crippen molar-refractivity contribution in [2.24, 2.45) is 0 Å². The summed E-state index contributed by atoms with van der Waals surface area (Å²) < 4.78 is 2.43. The molecule has 0 aliphatic rings. The summed E-state index contributed by atoms with van der Waals surface area (Å²) >= 11 is 0. The van der Waals surface area contributed by atoms with Gasteiger partial charge in [-0.3, -0.25) is 0 Å². The summed E-state index contributed by atoms with van der Waals surface area (Å²) in [6, 6.07) is 15.4. The number of pyridine rings is 1. The van der Waals surface area contributed by atoms with E-state index in [1.807, 2.05) is 0 Å². The van der Waals surface area contributed by atoms with Gasteiger partial charge in [-0.25, -0.2) is 0 Å². The van der Waals surface area contributed by atoms with Crippen molar-refractivity contribution in [3.05, 3.63) is 65.5 Å². The van der Waals surface area contributed by atoms with Gasteiger partial charge in [0.15, 0.2) is 18.4 Å². The Kier molecular flexibility index (Phi) is 12.9. The van der Waals surface area contributed by atoms with Crippen LogP contribution in [-0.2, 0) is 13.0 Å². The number of hydrogen-bond donors (Lipinski definition) is 0. The third kappa shape index (κ3) is 9.96. The Hall–Kier alpha value is -1.34. The van der Waals surface area contributed by atoms with Gasteiger partial charge in [-0.15, -0.1) is 0 Å². The first kappa shape index (κ1) is 23.7. The number of benzene rings is 1. The van der Waals surface area contributed by atoms with Crippen LogP contribution in [0.25, 0.3) is 0 Å². The zero-order valence-electron chi connectivity index (χ0n) is 17.4. The van der Waals surface area contributed by atoms with Gasteiger partial charge in [0.05, 0.1) is 0 Å². The molecule has 0 amide bonds. The Balaban J connectivity index is 0.00000364. The molecule has 150 valence electrons. The molecule has 0 spiro atoms. The molecule has 0 aliphatic heterocycles. The van der Waals surface area contributed by atoms with Crippen LogP contribution in [0.15, 0.2) is 48.7 Å². The summed E-state index contributed by atoms with van der Waals surface area (Å²) in [6.07, 6.45) is 17.5. The molecule has 27 heavy (non-hydrogen) atoms. The first-order valence-corrected chi connectivity index (χ1v) is 10.8. The molecule has 0 atom stereocenters. The van der Waals surface area contributed by atoms with Crippen molar-refractivity contribution in [1.82, 2.24) is 0 Å². The number of unbranched alkanes of at least 4 members (excludes halogenated alkanes) is 9. The number of rotatable bonds is 13. The van der Waals surface area contributed by atoms with Gasteiger partial charge in [0.25, 0.3) is 0 Å². The predicted molar refractivity (Wildman–Crippen MR) is 112 cm³/mol. The highest BCUT2D eigenvalue weighted by atomic mass is 35.5. The van der Waals surface area contributed by atoms with Gasteiger partial charge in [0.1, 0.15) is 0 Å². The van der Waals surface area contributed by atoms with Crippen LogP contribution in [0.1, 0.15) is 88.0 Å². The smallest absolute Gasteiger partial charge is 0.181 e. The summed E-state index contributed by atoms with van der Waals surface area (Å²) in [7, 11) is 0. The number of aryl methyl sites for hydroxylation is 2. The summed E-state index contributed by atoms with van der Waals surface area (Å²) in [5.41, 5.74) is 4.23. The predicted octanol–water partition coefficient (Wildman–Crippen LogP) is 3.80. The second kappa shape index (κ2) is 14.7. The van der Waals surface area contributed by atoms with E-state index < -0.39 is 0 Å². The fraction of sp³-hybridized carbons (Fsp3) is 0.560. The minimum absolute atomic E-state index is 0. The molecule has 0 N–H and O–H groups in total. The van der Waals surface area contributed by atoms with E-state index in [0.29, 0.717) is 0 Å². The SMILES string of the molecule is CCCCCCCCCCCCc1cc(C)cc[n+]1Cc1ccccc1.[Cl-]. The largest absolute Gasteiger partial charge is 1.00 e. The summed E-state index contributed by atoms with van der Waals surface area (Å²) in [5.74, 6) is 0.